The Kier molecular flexibility index (Phi) is 9.22. The van der Waals surface area contributed by atoms with Crippen LogP contribution in [0.15, 0.2) is 24.3 Å². The first-order chi connectivity index (χ1) is 12.3. The minimum atomic E-state index is -0.346. The summed E-state index contributed by atoms with van der Waals surface area (Å²) < 4.78 is 10.9. The van der Waals surface area contributed by atoms with Crippen molar-refractivity contribution < 1.29 is 14.3 Å². The molecule has 6 heteroatoms. The van der Waals surface area contributed by atoms with Gasteiger partial charge in [0.05, 0.1) is 5.60 Å². The molecule has 1 aromatic carbocycles. The monoisotopic (exact) mass is 365 g/mol. The molecule has 1 rings (SSSR count). The number of carbonyl (C=O) groups excluding carboxylic acids is 1. The number of methoxy groups -OCH3 is 1. The van der Waals surface area contributed by atoms with E-state index in [1.165, 1.54) is 7.11 Å². The third-order valence-corrected chi connectivity index (χ3v) is 4.95. The SMILES string of the molecule is CCC(C)(CCOC(C)(C)c1ccc(CNNC(=O)COC)cc1)NC. The molecule has 1 amide bonds. The van der Waals surface area contributed by atoms with Gasteiger partial charge in [0.25, 0.3) is 5.91 Å². The largest absolute Gasteiger partial charge is 0.375 e. The normalized spacial score (nSPS) is 14.1. The molecule has 0 aromatic heterocycles. The van der Waals surface area contributed by atoms with Gasteiger partial charge >= 0.3 is 0 Å². The standard InChI is InChI=1S/C20H35N3O3/c1-7-20(4,21-5)12-13-26-19(2,3)17-10-8-16(9-11-17)14-22-23-18(24)15-25-6/h8-11,21-22H,7,12-15H2,1-6H3,(H,23,24). The lowest BCUT2D eigenvalue weighted by atomic mass is 9.94. The smallest absolute Gasteiger partial charge is 0.260 e. The molecule has 0 radical (unpaired) electrons. The molecule has 1 aromatic rings. The number of nitrogens with one attached hydrogen (secondary N) is 3. The van der Waals surface area contributed by atoms with E-state index >= 15 is 0 Å². The van der Waals surface area contributed by atoms with Crippen LogP contribution in [0.2, 0.25) is 0 Å². The molecule has 26 heavy (non-hydrogen) atoms. The molecular weight excluding hydrogens is 330 g/mol. The van der Waals surface area contributed by atoms with Crippen molar-refractivity contribution in [3.05, 3.63) is 35.4 Å². The maximum Gasteiger partial charge on any atom is 0.260 e. The molecule has 6 nitrogen and oxygen atoms in total. The number of hydrazine groups is 1. The van der Waals surface area contributed by atoms with Crippen LogP contribution < -0.4 is 16.2 Å². The highest BCUT2D eigenvalue weighted by Crippen LogP contribution is 2.26. The van der Waals surface area contributed by atoms with E-state index < -0.39 is 0 Å². The van der Waals surface area contributed by atoms with Crippen LogP contribution in [0.1, 0.15) is 51.7 Å². The third-order valence-electron chi connectivity index (χ3n) is 4.95. The van der Waals surface area contributed by atoms with Gasteiger partial charge in [-0.15, -0.1) is 0 Å². The molecule has 0 saturated heterocycles. The summed E-state index contributed by atoms with van der Waals surface area (Å²) in [5.41, 5.74) is 7.45. The summed E-state index contributed by atoms with van der Waals surface area (Å²) in [4.78, 5) is 11.3. The first kappa shape index (κ1) is 22.6. The summed E-state index contributed by atoms with van der Waals surface area (Å²) in [6, 6.07) is 8.23. The number of carbonyl (C=O) groups is 1. The summed E-state index contributed by atoms with van der Waals surface area (Å²) in [6.07, 6.45) is 2.03. The Morgan fingerprint density at radius 1 is 1.15 bits per heavy atom. The number of benzene rings is 1. The van der Waals surface area contributed by atoms with E-state index in [4.69, 9.17) is 9.47 Å². The average molecular weight is 366 g/mol. The van der Waals surface area contributed by atoms with E-state index in [0.29, 0.717) is 13.2 Å². The van der Waals surface area contributed by atoms with Gasteiger partial charge in [-0.1, -0.05) is 31.2 Å². The number of ether oxygens (including phenoxy) is 2. The second-order valence-electron chi connectivity index (χ2n) is 7.30. The molecule has 148 valence electrons. The van der Waals surface area contributed by atoms with Crippen LogP contribution in [0.5, 0.6) is 0 Å². The Balaban J connectivity index is 2.51. The molecule has 0 aliphatic carbocycles. The summed E-state index contributed by atoms with van der Waals surface area (Å²) in [5.74, 6) is -0.195. The third kappa shape index (κ3) is 7.41. The number of rotatable bonds is 12. The highest BCUT2D eigenvalue weighted by molar-refractivity contribution is 5.76. The van der Waals surface area contributed by atoms with Crippen LogP contribution in [0.4, 0.5) is 0 Å². The second-order valence-corrected chi connectivity index (χ2v) is 7.30. The van der Waals surface area contributed by atoms with Crippen LogP contribution in [-0.4, -0.2) is 38.8 Å². The van der Waals surface area contributed by atoms with Crippen LogP contribution in [0.3, 0.4) is 0 Å². The van der Waals surface area contributed by atoms with Gasteiger partial charge in [-0.25, -0.2) is 5.43 Å². The predicted molar refractivity (Wildman–Crippen MR) is 105 cm³/mol. The summed E-state index contributed by atoms with van der Waals surface area (Å²) >= 11 is 0. The average Bonchev–Trinajstić information content (AvgIpc) is 2.62. The van der Waals surface area contributed by atoms with Crippen molar-refractivity contribution in [3.63, 3.8) is 0 Å². The van der Waals surface area contributed by atoms with Gasteiger partial charge in [0.2, 0.25) is 0 Å². The predicted octanol–water partition coefficient (Wildman–Crippen LogP) is 2.48. The van der Waals surface area contributed by atoms with Crippen LogP contribution in [0.25, 0.3) is 0 Å². The Labute approximate surface area is 158 Å². The van der Waals surface area contributed by atoms with Crippen LogP contribution in [0, 0.1) is 0 Å². The Morgan fingerprint density at radius 3 is 2.35 bits per heavy atom. The lowest BCUT2D eigenvalue weighted by Gasteiger charge is -2.31. The molecule has 0 saturated carbocycles. The molecule has 0 fully saturated rings. The van der Waals surface area contributed by atoms with Crippen molar-refractivity contribution in [2.75, 3.05) is 27.4 Å². The fourth-order valence-electron chi connectivity index (χ4n) is 2.53. The molecular formula is C20H35N3O3. The molecule has 0 spiro atoms. The maximum atomic E-state index is 11.3. The van der Waals surface area contributed by atoms with E-state index in [1.807, 2.05) is 19.2 Å². The summed E-state index contributed by atoms with van der Waals surface area (Å²) in [7, 11) is 3.49. The van der Waals surface area contributed by atoms with Gasteiger partial charge in [0.15, 0.2) is 0 Å². The zero-order chi connectivity index (χ0) is 19.6. The van der Waals surface area contributed by atoms with E-state index in [-0.39, 0.29) is 23.7 Å². The lowest BCUT2D eigenvalue weighted by molar-refractivity contribution is -0.125. The fraction of sp³-hybridized carbons (Fsp3) is 0.650. The van der Waals surface area contributed by atoms with Crippen molar-refractivity contribution in [3.8, 4) is 0 Å². The highest BCUT2D eigenvalue weighted by Gasteiger charge is 2.24. The van der Waals surface area contributed by atoms with E-state index in [0.717, 1.165) is 24.0 Å². The topological polar surface area (TPSA) is 71.6 Å². The maximum absolute atomic E-state index is 11.3. The van der Waals surface area contributed by atoms with E-state index in [9.17, 15) is 4.79 Å². The van der Waals surface area contributed by atoms with Gasteiger partial charge in [-0.3, -0.25) is 10.2 Å². The van der Waals surface area contributed by atoms with Crippen LogP contribution >= 0.6 is 0 Å². The first-order valence-corrected chi connectivity index (χ1v) is 9.19. The van der Waals surface area contributed by atoms with Gasteiger partial charge in [0, 0.05) is 25.8 Å². The lowest BCUT2D eigenvalue weighted by Crippen LogP contribution is -2.40. The Hall–Kier alpha value is -1.47. The van der Waals surface area contributed by atoms with Gasteiger partial charge in [-0.2, -0.15) is 0 Å². The number of amides is 1. The molecule has 0 heterocycles. The summed E-state index contributed by atoms with van der Waals surface area (Å²) in [6.45, 7) is 9.88. The number of hydrogen-bond donors (Lipinski definition) is 3. The van der Waals surface area contributed by atoms with Crippen molar-refractivity contribution in [1.29, 1.82) is 0 Å². The fourth-order valence-corrected chi connectivity index (χ4v) is 2.53. The Bertz CT molecular complexity index is 540. The number of hydrogen-bond acceptors (Lipinski definition) is 5. The Morgan fingerprint density at radius 2 is 1.81 bits per heavy atom. The van der Waals surface area contributed by atoms with Crippen molar-refractivity contribution >= 4 is 5.91 Å². The van der Waals surface area contributed by atoms with Crippen LogP contribution in [-0.2, 0) is 26.4 Å². The van der Waals surface area contributed by atoms with E-state index in [1.54, 1.807) is 0 Å². The van der Waals surface area contributed by atoms with Gasteiger partial charge in [-0.05, 0) is 51.8 Å². The van der Waals surface area contributed by atoms with Crippen molar-refractivity contribution in [2.45, 2.75) is 58.2 Å². The van der Waals surface area contributed by atoms with E-state index in [2.05, 4.69) is 56.0 Å². The molecule has 1 atom stereocenters. The van der Waals surface area contributed by atoms with Crippen molar-refractivity contribution in [2.24, 2.45) is 0 Å². The molecule has 0 aliphatic rings. The first-order valence-electron chi connectivity index (χ1n) is 9.19. The molecule has 0 aliphatic heterocycles. The summed E-state index contributed by atoms with van der Waals surface area (Å²) in [5, 5.41) is 3.37. The van der Waals surface area contributed by atoms with Crippen molar-refractivity contribution in [1.82, 2.24) is 16.2 Å². The quantitative estimate of drug-likeness (QED) is 0.497. The minimum absolute atomic E-state index is 0.0437. The second kappa shape index (κ2) is 10.6. The van der Waals surface area contributed by atoms with Gasteiger partial charge in [0.1, 0.15) is 6.61 Å². The minimum Gasteiger partial charge on any atom is -0.375 e. The molecule has 1 unspecified atom stereocenters. The zero-order valence-corrected chi connectivity index (χ0v) is 17.1. The zero-order valence-electron chi connectivity index (χ0n) is 17.1. The molecule has 0 bridgehead atoms. The molecule has 3 N–H and O–H groups in total. The van der Waals surface area contributed by atoms with Gasteiger partial charge < -0.3 is 14.8 Å². The highest BCUT2D eigenvalue weighted by atomic mass is 16.5.